The second-order valence-electron chi connectivity index (χ2n) is 7.06. The standard InChI is InChI=1S/C24H21N3O5/c1-2-3-12-26-22(29)17(14-25)13-16-8-10-18(11-9-16)32-21(28)15-27-23(30)19-6-4-5-7-20(19)24(27)31/h4-11,13H,2-3,12,15H2,1H3,(H,26,29). The number of nitrogens with zero attached hydrogens (tertiary/aromatic N) is 2. The number of hydrogen-bond donors (Lipinski definition) is 1. The van der Waals surface area contributed by atoms with Crippen LogP contribution in [-0.2, 0) is 9.59 Å². The first kappa shape index (κ1) is 22.4. The molecule has 1 aliphatic rings. The van der Waals surface area contributed by atoms with Crippen molar-refractivity contribution in [2.75, 3.05) is 13.1 Å². The van der Waals surface area contributed by atoms with Crippen LogP contribution in [-0.4, -0.2) is 41.7 Å². The molecule has 162 valence electrons. The molecule has 0 atom stereocenters. The van der Waals surface area contributed by atoms with E-state index in [2.05, 4.69) is 5.32 Å². The predicted molar refractivity (Wildman–Crippen MR) is 115 cm³/mol. The molecule has 0 unspecified atom stereocenters. The van der Waals surface area contributed by atoms with Gasteiger partial charge < -0.3 is 10.1 Å². The van der Waals surface area contributed by atoms with Gasteiger partial charge in [0.15, 0.2) is 0 Å². The Labute approximate surface area is 185 Å². The van der Waals surface area contributed by atoms with Gasteiger partial charge in [-0.2, -0.15) is 5.26 Å². The lowest BCUT2D eigenvalue weighted by molar-refractivity contribution is -0.134. The molecule has 2 aromatic carbocycles. The largest absolute Gasteiger partial charge is 0.425 e. The molecule has 0 saturated heterocycles. The van der Waals surface area contributed by atoms with Gasteiger partial charge in [0.25, 0.3) is 17.7 Å². The Morgan fingerprint density at radius 3 is 2.25 bits per heavy atom. The minimum absolute atomic E-state index is 0.0310. The Morgan fingerprint density at radius 2 is 1.69 bits per heavy atom. The molecule has 2 aromatic rings. The van der Waals surface area contributed by atoms with E-state index in [9.17, 15) is 24.4 Å². The molecule has 0 spiro atoms. The summed E-state index contributed by atoms with van der Waals surface area (Å²) in [5, 5.41) is 11.9. The zero-order valence-corrected chi connectivity index (χ0v) is 17.5. The van der Waals surface area contributed by atoms with Crippen LogP contribution in [0.1, 0.15) is 46.0 Å². The lowest BCUT2D eigenvalue weighted by Crippen LogP contribution is -2.36. The average molecular weight is 431 g/mol. The minimum Gasteiger partial charge on any atom is -0.425 e. The highest BCUT2D eigenvalue weighted by atomic mass is 16.5. The summed E-state index contributed by atoms with van der Waals surface area (Å²) in [6, 6.07) is 14.4. The van der Waals surface area contributed by atoms with E-state index < -0.39 is 30.2 Å². The summed E-state index contributed by atoms with van der Waals surface area (Å²) < 4.78 is 5.22. The van der Waals surface area contributed by atoms with Crippen LogP contribution in [0.3, 0.4) is 0 Å². The van der Waals surface area contributed by atoms with Crippen LogP contribution >= 0.6 is 0 Å². The number of fused-ring (bicyclic) bond motifs is 1. The Bertz CT molecular complexity index is 1090. The van der Waals surface area contributed by atoms with Crippen molar-refractivity contribution in [1.82, 2.24) is 10.2 Å². The summed E-state index contributed by atoms with van der Waals surface area (Å²) in [7, 11) is 0. The zero-order chi connectivity index (χ0) is 23.1. The van der Waals surface area contributed by atoms with Crippen molar-refractivity contribution in [1.29, 1.82) is 5.26 Å². The summed E-state index contributed by atoms with van der Waals surface area (Å²) in [5.74, 6) is -2.09. The van der Waals surface area contributed by atoms with Crippen LogP contribution in [0.2, 0.25) is 0 Å². The maximum absolute atomic E-state index is 12.3. The van der Waals surface area contributed by atoms with Gasteiger partial charge >= 0.3 is 5.97 Å². The van der Waals surface area contributed by atoms with E-state index >= 15 is 0 Å². The molecule has 0 saturated carbocycles. The summed E-state index contributed by atoms with van der Waals surface area (Å²) in [5.41, 5.74) is 1.06. The zero-order valence-electron chi connectivity index (χ0n) is 17.5. The van der Waals surface area contributed by atoms with E-state index in [1.54, 1.807) is 24.3 Å². The number of unbranched alkanes of at least 4 members (excludes halogenated alkanes) is 1. The van der Waals surface area contributed by atoms with E-state index in [0.29, 0.717) is 12.1 Å². The molecule has 32 heavy (non-hydrogen) atoms. The Morgan fingerprint density at radius 1 is 1.06 bits per heavy atom. The highest BCUT2D eigenvalue weighted by molar-refractivity contribution is 6.22. The minimum atomic E-state index is -0.768. The van der Waals surface area contributed by atoms with Gasteiger partial charge in [-0.15, -0.1) is 0 Å². The maximum atomic E-state index is 12.3. The van der Waals surface area contributed by atoms with Gasteiger partial charge in [-0.3, -0.25) is 19.3 Å². The van der Waals surface area contributed by atoms with E-state index in [-0.39, 0.29) is 22.4 Å². The molecule has 1 aliphatic heterocycles. The number of nitrogens with one attached hydrogen (secondary N) is 1. The number of esters is 1. The number of imide groups is 1. The number of hydrogen-bond acceptors (Lipinski definition) is 6. The van der Waals surface area contributed by atoms with E-state index in [4.69, 9.17) is 4.74 Å². The molecule has 8 heteroatoms. The molecule has 8 nitrogen and oxygen atoms in total. The van der Waals surface area contributed by atoms with Crippen molar-refractivity contribution < 1.29 is 23.9 Å². The third-order valence-corrected chi connectivity index (χ3v) is 4.77. The molecule has 0 bridgehead atoms. The van der Waals surface area contributed by atoms with Gasteiger partial charge in [0.05, 0.1) is 11.1 Å². The molecular weight excluding hydrogens is 410 g/mol. The quantitative estimate of drug-likeness (QED) is 0.172. The Hall–Kier alpha value is -4.25. The highest BCUT2D eigenvalue weighted by Crippen LogP contribution is 2.22. The summed E-state index contributed by atoms with van der Waals surface area (Å²) in [4.78, 5) is 49.8. The number of carbonyl (C=O) groups excluding carboxylic acids is 4. The molecule has 1 N–H and O–H groups in total. The second kappa shape index (κ2) is 10.2. The molecule has 3 amide bonds. The topological polar surface area (TPSA) is 117 Å². The number of ether oxygens (including phenoxy) is 1. The summed E-state index contributed by atoms with van der Waals surface area (Å²) in [6.45, 7) is 1.99. The van der Waals surface area contributed by atoms with Crippen LogP contribution in [0.4, 0.5) is 0 Å². The third kappa shape index (κ3) is 5.08. The van der Waals surface area contributed by atoms with Gasteiger partial charge in [0.2, 0.25) is 0 Å². The van der Waals surface area contributed by atoms with Crippen molar-refractivity contribution in [3.63, 3.8) is 0 Å². The number of carbonyl (C=O) groups is 4. The lowest BCUT2D eigenvalue weighted by Gasteiger charge is -2.13. The average Bonchev–Trinajstić information content (AvgIpc) is 3.03. The normalized spacial score (nSPS) is 12.9. The highest BCUT2D eigenvalue weighted by Gasteiger charge is 2.36. The molecule has 0 fully saturated rings. The first-order valence-corrected chi connectivity index (χ1v) is 10.1. The van der Waals surface area contributed by atoms with Gasteiger partial charge in [0.1, 0.15) is 23.9 Å². The molecule has 0 aliphatic carbocycles. The molecule has 3 rings (SSSR count). The summed E-state index contributed by atoms with van der Waals surface area (Å²) in [6.07, 6.45) is 3.19. The Kier molecular flexibility index (Phi) is 7.13. The van der Waals surface area contributed by atoms with Gasteiger partial charge in [-0.25, -0.2) is 4.79 Å². The van der Waals surface area contributed by atoms with Crippen molar-refractivity contribution in [3.05, 3.63) is 70.8 Å². The van der Waals surface area contributed by atoms with Crippen molar-refractivity contribution in [2.45, 2.75) is 19.8 Å². The third-order valence-electron chi connectivity index (χ3n) is 4.77. The van der Waals surface area contributed by atoms with Gasteiger partial charge in [-0.1, -0.05) is 37.6 Å². The van der Waals surface area contributed by atoms with Gasteiger partial charge in [-0.05, 0) is 42.3 Å². The van der Waals surface area contributed by atoms with Crippen molar-refractivity contribution in [3.8, 4) is 11.8 Å². The SMILES string of the molecule is CCCCNC(=O)C(C#N)=Cc1ccc(OC(=O)CN2C(=O)c3ccccc3C2=O)cc1. The lowest BCUT2D eigenvalue weighted by atomic mass is 10.1. The fourth-order valence-electron chi connectivity index (χ4n) is 3.10. The number of rotatable bonds is 8. The predicted octanol–water partition coefficient (Wildman–Crippen LogP) is 2.71. The monoisotopic (exact) mass is 431 g/mol. The fraction of sp³-hybridized carbons (Fsp3) is 0.208. The maximum Gasteiger partial charge on any atom is 0.331 e. The van der Waals surface area contributed by atoms with Crippen molar-refractivity contribution in [2.24, 2.45) is 0 Å². The molecule has 0 aromatic heterocycles. The number of amides is 3. The van der Waals surface area contributed by atoms with Crippen molar-refractivity contribution >= 4 is 29.8 Å². The smallest absolute Gasteiger partial charge is 0.331 e. The van der Waals surface area contributed by atoms with Gasteiger partial charge in [0, 0.05) is 6.54 Å². The first-order chi connectivity index (χ1) is 15.4. The van der Waals surface area contributed by atoms with E-state index in [1.807, 2.05) is 13.0 Å². The van der Waals surface area contributed by atoms with Crippen LogP contribution in [0.5, 0.6) is 5.75 Å². The van der Waals surface area contributed by atoms with E-state index in [1.165, 1.54) is 30.3 Å². The van der Waals surface area contributed by atoms with Crippen LogP contribution in [0, 0.1) is 11.3 Å². The van der Waals surface area contributed by atoms with E-state index in [0.717, 1.165) is 17.7 Å². The fourth-order valence-corrected chi connectivity index (χ4v) is 3.10. The Balaban J connectivity index is 1.60. The van der Waals surface area contributed by atoms with Crippen LogP contribution in [0.15, 0.2) is 54.1 Å². The number of nitriles is 1. The number of benzene rings is 2. The van der Waals surface area contributed by atoms with Crippen LogP contribution < -0.4 is 10.1 Å². The second-order valence-corrected chi connectivity index (χ2v) is 7.06. The first-order valence-electron chi connectivity index (χ1n) is 10.1. The van der Waals surface area contributed by atoms with Crippen LogP contribution in [0.25, 0.3) is 6.08 Å². The molecule has 1 heterocycles. The molecular formula is C24H21N3O5. The molecule has 0 radical (unpaired) electrons. The summed E-state index contributed by atoms with van der Waals surface area (Å²) >= 11 is 0.